The van der Waals surface area contributed by atoms with Gasteiger partial charge in [-0.05, 0) is 72.8 Å². The van der Waals surface area contributed by atoms with Crippen molar-refractivity contribution in [1.82, 2.24) is 0 Å². The lowest BCUT2D eigenvalue weighted by Gasteiger charge is -2.34. The highest BCUT2D eigenvalue weighted by Crippen LogP contribution is 2.53. The molecule has 0 radical (unpaired) electrons. The molecular weight excluding hydrogens is 396 g/mol. The molecule has 0 spiro atoms. The molecule has 0 aromatic carbocycles. The number of allylic oxidation sites excluding steroid dienone is 2. The zero-order chi connectivity index (χ0) is 23.1. The van der Waals surface area contributed by atoms with Crippen LogP contribution in [0, 0.1) is 5.92 Å². The largest absolute Gasteiger partial charge is 0.456 e. The molecule has 0 amide bonds. The van der Waals surface area contributed by atoms with Crippen molar-refractivity contribution < 1.29 is 28.5 Å². The lowest BCUT2D eigenvalue weighted by atomic mass is 9.75. The summed E-state index contributed by atoms with van der Waals surface area (Å²) >= 11 is 0. The maximum atomic E-state index is 12.5. The highest BCUT2D eigenvalue weighted by atomic mass is 16.6. The fourth-order valence-corrected chi connectivity index (χ4v) is 4.23. The average molecular weight is 433 g/mol. The van der Waals surface area contributed by atoms with Gasteiger partial charge in [-0.15, -0.1) is 0 Å². The van der Waals surface area contributed by atoms with E-state index in [4.69, 9.17) is 18.9 Å². The fraction of sp³-hybridized carbons (Fsp3) is 0.680. The summed E-state index contributed by atoms with van der Waals surface area (Å²) in [6.07, 6.45) is 4.62. The van der Waals surface area contributed by atoms with Crippen molar-refractivity contribution in [3.63, 3.8) is 0 Å². The van der Waals surface area contributed by atoms with Gasteiger partial charge in [-0.2, -0.15) is 0 Å². The smallest absolute Gasteiger partial charge is 0.333 e. The van der Waals surface area contributed by atoms with Crippen LogP contribution in [0.15, 0.2) is 35.5 Å². The third-order valence-electron chi connectivity index (χ3n) is 7.15. The van der Waals surface area contributed by atoms with Gasteiger partial charge < -0.3 is 18.9 Å². The molecule has 0 aromatic heterocycles. The summed E-state index contributed by atoms with van der Waals surface area (Å²) in [5.41, 5.74) is 1.31. The molecule has 0 aromatic rings. The van der Waals surface area contributed by atoms with E-state index in [2.05, 4.69) is 6.58 Å². The van der Waals surface area contributed by atoms with Crippen LogP contribution in [0.3, 0.4) is 0 Å². The molecule has 2 aliphatic heterocycles. The minimum Gasteiger partial charge on any atom is -0.456 e. The number of rotatable bonds is 8. The van der Waals surface area contributed by atoms with Crippen molar-refractivity contribution in [2.45, 2.75) is 103 Å². The van der Waals surface area contributed by atoms with Crippen molar-refractivity contribution in [3.8, 4) is 0 Å². The number of carbonyl (C=O) groups excluding carboxylic acids is 2. The highest BCUT2D eigenvalue weighted by Gasteiger charge is 2.63. The Labute approximate surface area is 185 Å². The first kappa shape index (κ1) is 23.7. The average Bonchev–Trinajstić information content (AvgIpc) is 3.58. The molecule has 3 rings (SSSR count). The Bertz CT molecular complexity index is 822. The maximum absolute atomic E-state index is 12.5. The van der Waals surface area contributed by atoms with Crippen molar-refractivity contribution in [1.29, 1.82) is 0 Å². The van der Waals surface area contributed by atoms with Gasteiger partial charge in [0, 0.05) is 17.6 Å². The van der Waals surface area contributed by atoms with Crippen LogP contribution < -0.4 is 0 Å². The van der Waals surface area contributed by atoms with Gasteiger partial charge in [0.1, 0.15) is 17.8 Å². The predicted octanol–water partition coefficient (Wildman–Crippen LogP) is 4.43. The zero-order valence-corrected chi connectivity index (χ0v) is 19.8. The van der Waals surface area contributed by atoms with E-state index in [1.54, 1.807) is 26.0 Å². The molecule has 0 N–H and O–H groups in total. The van der Waals surface area contributed by atoms with Gasteiger partial charge in [0.25, 0.3) is 0 Å². The van der Waals surface area contributed by atoms with Crippen molar-refractivity contribution in [2.24, 2.45) is 5.92 Å². The van der Waals surface area contributed by atoms with E-state index in [0.29, 0.717) is 24.0 Å². The van der Waals surface area contributed by atoms with Gasteiger partial charge in [-0.1, -0.05) is 18.7 Å². The molecule has 3 aliphatic rings. The van der Waals surface area contributed by atoms with Crippen LogP contribution >= 0.6 is 0 Å². The Hall–Kier alpha value is -1.92. The Morgan fingerprint density at radius 1 is 1.06 bits per heavy atom. The first-order chi connectivity index (χ1) is 14.4. The molecule has 1 aliphatic carbocycles. The van der Waals surface area contributed by atoms with E-state index in [0.717, 1.165) is 12.0 Å². The zero-order valence-electron chi connectivity index (χ0n) is 19.8. The topological polar surface area (TPSA) is 77.7 Å². The van der Waals surface area contributed by atoms with Gasteiger partial charge in [0.2, 0.25) is 0 Å². The van der Waals surface area contributed by atoms with E-state index in [9.17, 15) is 9.59 Å². The molecule has 1 saturated carbocycles. The van der Waals surface area contributed by atoms with Crippen molar-refractivity contribution >= 4 is 11.9 Å². The van der Waals surface area contributed by atoms with Crippen LogP contribution in [0.4, 0.5) is 0 Å². The third kappa shape index (κ3) is 4.96. The van der Waals surface area contributed by atoms with Crippen molar-refractivity contribution in [2.75, 3.05) is 0 Å². The Morgan fingerprint density at radius 2 is 1.65 bits per heavy atom. The van der Waals surface area contributed by atoms with Crippen LogP contribution in [-0.2, 0) is 28.5 Å². The number of hydrogen-bond acceptors (Lipinski definition) is 6. The molecule has 31 heavy (non-hydrogen) atoms. The standard InChI is InChI=1S/C25H36O6/c1-9-14(3)22(26)28-18(13-19-24(6,7)30-19)16(5)17-11-20(25(8)21(12-17)31-25)29-23(27)15(4)10-2/h9-10,17-21H,5,11-13H2,1-4,6-8H3/b14-9-,15-10-/t17-,18-,19+,20+,21-,25+/m0/s1. The minimum absolute atomic E-state index is 0.00829. The molecule has 6 heteroatoms. The molecule has 0 bridgehead atoms. The number of ether oxygens (including phenoxy) is 4. The summed E-state index contributed by atoms with van der Waals surface area (Å²) in [6, 6.07) is 0. The van der Waals surface area contributed by atoms with Crippen LogP contribution in [0.5, 0.6) is 0 Å². The van der Waals surface area contributed by atoms with Gasteiger partial charge in [0.15, 0.2) is 0 Å². The molecule has 6 atom stereocenters. The number of carbonyl (C=O) groups is 2. The van der Waals surface area contributed by atoms with E-state index >= 15 is 0 Å². The van der Waals surface area contributed by atoms with Crippen LogP contribution in [0.25, 0.3) is 0 Å². The summed E-state index contributed by atoms with van der Waals surface area (Å²) in [6.45, 7) is 17.5. The van der Waals surface area contributed by atoms with Crippen molar-refractivity contribution in [3.05, 3.63) is 35.5 Å². The lowest BCUT2D eigenvalue weighted by Crippen LogP contribution is -2.42. The van der Waals surface area contributed by atoms with E-state index in [1.165, 1.54) is 0 Å². The molecule has 2 heterocycles. The summed E-state index contributed by atoms with van der Waals surface area (Å²) < 4.78 is 23.4. The van der Waals surface area contributed by atoms with Gasteiger partial charge in [0.05, 0.1) is 17.8 Å². The van der Waals surface area contributed by atoms with Crippen LogP contribution in [0.1, 0.15) is 67.7 Å². The van der Waals surface area contributed by atoms with Gasteiger partial charge >= 0.3 is 11.9 Å². The molecule has 2 saturated heterocycles. The summed E-state index contributed by atoms with van der Waals surface area (Å²) in [4.78, 5) is 24.9. The summed E-state index contributed by atoms with van der Waals surface area (Å²) in [5, 5.41) is 0. The Kier molecular flexibility index (Phi) is 6.55. The first-order valence-electron chi connectivity index (χ1n) is 11.1. The monoisotopic (exact) mass is 432 g/mol. The molecule has 0 unspecified atom stereocenters. The number of esters is 2. The second-order valence-electron chi connectivity index (χ2n) is 9.71. The normalized spacial score (nSPS) is 34.9. The predicted molar refractivity (Wildman–Crippen MR) is 117 cm³/mol. The molecule has 172 valence electrons. The second-order valence-corrected chi connectivity index (χ2v) is 9.71. The minimum atomic E-state index is -0.462. The quantitative estimate of drug-likeness (QED) is 0.244. The first-order valence-corrected chi connectivity index (χ1v) is 11.1. The van der Waals surface area contributed by atoms with Gasteiger partial charge in [-0.25, -0.2) is 9.59 Å². The van der Waals surface area contributed by atoms with E-state index < -0.39 is 11.7 Å². The molecular formula is C25H36O6. The summed E-state index contributed by atoms with van der Waals surface area (Å²) in [5.74, 6) is -0.647. The number of fused-ring (bicyclic) bond motifs is 1. The number of epoxide rings is 2. The third-order valence-corrected chi connectivity index (χ3v) is 7.15. The van der Waals surface area contributed by atoms with Crippen LogP contribution in [-0.4, -0.2) is 47.6 Å². The highest BCUT2D eigenvalue weighted by molar-refractivity contribution is 5.88. The van der Waals surface area contributed by atoms with E-state index in [-0.39, 0.29) is 41.8 Å². The Morgan fingerprint density at radius 3 is 2.19 bits per heavy atom. The number of hydrogen-bond donors (Lipinski definition) is 0. The van der Waals surface area contributed by atoms with E-state index in [1.807, 2.05) is 34.6 Å². The second kappa shape index (κ2) is 8.55. The summed E-state index contributed by atoms with van der Waals surface area (Å²) in [7, 11) is 0. The fourth-order valence-electron chi connectivity index (χ4n) is 4.23. The van der Waals surface area contributed by atoms with Gasteiger partial charge in [-0.3, -0.25) is 0 Å². The molecule has 3 fully saturated rings. The Balaban J connectivity index is 1.73. The maximum Gasteiger partial charge on any atom is 0.333 e. The molecule has 6 nitrogen and oxygen atoms in total. The SMILES string of the molecule is C=C([C@@H]1C[C@@H]2O[C@]2(C)[C@H](OC(=O)/C(C)=C\C)C1)[C@H](C[C@H]1OC1(C)C)OC(=O)/C(C)=C\C. The van der Waals surface area contributed by atoms with Crippen LogP contribution in [0.2, 0.25) is 0 Å². The lowest BCUT2D eigenvalue weighted by molar-refractivity contribution is -0.149.